The Labute approximate surface area is 100 Å². The van der Waals surface area contributed by atoms with Crippen LogP contribution in [-0.2, 0) is 0 Å². The highest BCUT2D eigenvalue weighted by Gasteiger charge is 2.27. The van der Waals surface area contributed by atoms with E-state index in [1.54, 1.807) is 0 Å². The molecule has 0 heterocycles. The first kappa shape index (κ1) is 13.9. The van der Waals surface area contributed by atoms with Crippen molar-refractivity contribution in [2.24, 2.45) is 5.92 Å². The second-order valence-corrected chi connectivity index (χ2v) is 5.86. The predicted octanol–water partition coefficient (Wildman–Crippen LogP) is 1.47. The van der Waals surface area contributed by atoms with Gasteiger partial charge < -0.3 is 15.3 Å². The van der Waals surface area contributed by atoms with Gasteiger partial charge in [-0.15, -0.1) is 0 Å². The molecule has 16 heavy (non-hydrogen) atoms. The maximum atomic E-state index is 9.83. The van der Waals surface area contributed by atoms with Crippen molar-refractivity contribution >= 4 is 0 Å². The third kappa shape index (κ3) is 4.81. The van der Waals surface area contributed by atoms with Gasteiger partial charge in [-0.3, -0.25) is 0 Å². The minimum atomic E-state index is -0.128. The Bertz CT molecular complexity index is 184. The molecule has 1 unspecified atom stereocenters. The van der Waals surface area contributed by atoms with Crippen molar-refractivity contribution in [3.8, 4) is 0 Å². The summed E-state index contributed by atoms with van der Waals surface area (Å²) in [5, 5.41) is 13.5. The number of hydrogen-bond acceptors (Lipinski definition) is 3. The molecule has 1 aliphatic carbocycles. The molecule has 3 atom stereocenters. The third-order valence-corrected chi connectivity index (χ3v) is 3.27. The molecule has 3 heteroatoms. The highest BCUT2D eigenvalue weighted by Crippen LogP contribution is 2.20. The normalized spacial score (nSPS) is 27.9. The number of aliphatic hydroxyl groups is 1. The van der Waals surface area contributed by atoms with Crippen LogP contribution in [0.2, 0.25) is 0 Å². The largest absolute Gasteiger partial charge is 0.392 e. The average molecular weight is 228 g/mol. The van der Waals surface area contributed by atoms with Crippen LogP contribution in [0.15, 0.2) is 0 Å². The first-order valence-corrected chi connectivity index (χ1v) is 6.58. The Morgan fingerprint density at radius 1 is 1.31 bits per heavy atom. The molecule has 1 aliphatic rings. The van der Waals surface area contributed by atoms with Crippen molar-refractivity contribution in [1.29, 1.82) is 0 Å². The number of rotatable bonds is 6. The van der Waals surface area contributed by atoms with Gasteiger partial charge in [-0.1, -0.05) is 13.8 Å². The van der Waals surface area contributed by atoms with Crippen molar-refractivity contribution in [3.05, 3.63) is 0 Å². The molecule has 0 amide bonds. The molecule has 0 aromatic rings. The van der Waals surface area contributed by atoms with Crippen LogP contribution in [0.1, 0.15) is 39.5 Å². The monoisotopic (exact) mass is 228 g/mol. The van der Waals surface area contributed by atoms with E-state index in [1.165, 1.54) is 6.42 Å². The Kier molecular flexibility index (Phi) is 5.73. The van der Waals surface area contributed by atoms with Crippen molar-refractivity contribution in [1.82, 2.24) is 10.2 Å². The summed E-state index contributed by atoms with van der Waals surface area (Å²) in [5.74, 6) is 0.705. The molecule has 0 bridgehead atoms. The van der Waals surface area contributed by atoms with E-state index in [-0.39, 0.29) is 6.10 Å². The van der Waals surface area contributed by atoms with E-state index in [0.29, 0.717) is 18.0 Å². The van der Waals surface area contributed by atoms with Crippen LogP contribution in [0.25, 0.3) is 0 Å². The number of hydrogen-bond donors (Lipinski definition) is 2. The summed E-state index contributed by atoms with van der Waals surface area (Å²) in [7, 11) is 4.22. The minimum absolute atomic E-state index is 0.128. The maximum absolute atomic E-state index is 9.83. The lowest BCUT2D eigenvalue weighted by Crippen LogP contribution is -2.47. The molecule has 0 spiro atoms. The summed E-state index contributed by atoms with van der Waals surface area (Å²) in [4.78, 5) is 2.22. The lowest BCUT2D eigenvalue weighted by atomic mass is 10.0. The van der Waals surface area contributed by atoms with E-state index < -0.39 is 0 Å². The molecular weight excluding hydrogens is 200 g/mol. The van der Waals surface area contributed by atoms with E-state index in [1.807, 2.05) is 0 Å². The molecular formula is C13H28N2O. The molecule has 0 radical (unpaired) electrons. The van der Waals surface area contributed by atoms with Crippen LogP contribution >= 0.6 is 0 Å². The smallest absolute Gasteiger partial charge is 0.0693 e. The summed E-state index contributed by atoms with van der Waals surface area (Å²) < 4.78 is 0. The predicted molar refractivity (Wildman–Crippen MR) is 68.6 cm³/mol. The zero-order valence-corrected chi connectivity index (χ0v) is 11.2. The molecule has 0 aromatic heterocycles. The first-order chi connectivity index (χ1) is 7.49. The van der Waals surface area contributed by atoms with Crippen LogP contribution in [-0.4, -0.2) is 48.8 Å². The number of likely N-dealkylation sites (N-methyl/N-ethyl adjacent to an activating group) is 1. The second kappa shape index (κ2) is 6.58. The van der Waals surface area contributed by atoms with Gasteiger partial charge in [-0.25, -0.2) is 0 Å². The van der Waals surface area contributed by atoms with Crippen LogP contribution in [0.5, 0.6) is 0 Å². The van der Waals surface area contributed by atoms with Crippen LogP contribution in [0.3, 0.4) is 0 Å². The Morgan fingerprint density at radius 2 is 2.00 bits per heavy atom. The van der Waals surface area contributed by atoms with E-state index in [4.69, 9.17) is 0 Å². The maximum Gasteiger partial charge on any atom is 0.0693 e. The summed E-state index contributed by atoms with van der Waals surface area (Å²) in [6.45, 7) is 5.58. The van der Waals surface area contributed by atoms with Gasteiger partial charge in [0.1, 0.15) is 0 Å². The molecule has 96 valence electrons. The number of nitrogens with one attached hydrogen (secondary N) is 1. The van der Waals surface area contributed by atoms with Gasteiger partial charge in [0.15, 0.2) is 0 Å². The lowest BCUT2D eigenvalue weighted by Gasteiger charge is -2.28. The molecule has 1 fully saturated rings. The molecule has 1 saturated carbocycles. The molecule has 1 rings (SSSR count). The van der Waals surface area contributed by atoms with E-state index in [2.05, 4.69) is 38.2 Å². The number of aliphatic hydroxyl groups excluding tert-OH is 1. The van der Waals surface area contributed by atoms with Gasteiger partial charge in [-0.05, 0) is 45.7 Å². The van der Waals surface area contributed by atoms with Crippen LogP contribution < -0.4 is 5.32 Å². The summed E-state index contributed by atoms with van der Waals surface area (Å²) in [6, 6.07) is 0.830. The minimum Gasteiger partial charge on any atom is -0.392 e. The highest BCUT2D eigenvalue weighted by atomic mass is 16.3. The highest BCUT2D eigenvalue weighted by molar-refractivity contribution is 4.86. The zero-order chi connectivity index (χ0) is 12.1. The molecule has 0 saturated heterocycles. The van der Waals surface area contributed by atoms with Gasteiger partial charge in [0.2, 0.25) is 0 Å². The van der Waals surface area contributed by atoms with Gasteiger partial charge >= 0.3 is 0 Å². The standard InChI is InChI=1S/C13H28N2O/c1-10(2)8-11(9-15(3)4)14-12-6-5-7-13(12)16/h10-14,16H,5-9H2,1-4H3/t11?,12-,13-/m0/s1. The van der Waals surface area contributed by atoms with E-state index in [9.17, 15) is 5.11 Å². The summed E-state index contributed by atoms with van der Waals surface area (Å²) >= 11 is 0. The lowest BCUT2D eigenvalue weighted by molar-refractivity contribution is 0.136. The summed E-state index contributed by atoms with van der Waals surface area (Å²) in [6.07, 6.45) is 4.31. The average Bonchev–Trinajstić information content (AvgIpc) is 2.49. The van der Waals surface area contributed by atoms with Gasteiger partial charge in [0, 0.05) is 18.6 Å². The summed E-state index contributed by atoms with van der Waals surface area (Å²) in [5.41, 5.74) is 0. The van der Waals surface area contributed by atoms with Crippen molar-refractivity contribution in [2.45, 2.75) is 57.7 Å². The molecule has 2 N–H and O–H groups in total. The van der Waals surface area contributed by atoms with Crippen LogP contribution in [0.4, 0.5) is 0 Å². The van der Waals surface area contributed by atoms with E-state index in [0.717, 1.165) is 25.8 Å². The van der Waals surface area contributed by atoms with E-state index >= 15 is 0 Å². The topological polar surface area (TPSA) is 35.5 Å². The fourth-order valence-electron chi connectivity index (χ4n) is 2.64. The quantitative estimate of drug-likeness (QED) is 0.722. The fourth-order valence-corrected chi connectivity index (χ4v) is 2.64. The fraction of sp³-hybridized carbons (Fsp3) is 1.00. The number of nitrogens with zero attached hydrogens (tertiary/aromatic N) is 1. The van der Waals surface area contributed by atoms with Gasteiger partial charge in [-0.2, -0.15) is 0 Å². The van der Waals surface area contributed by atoms with Gasteiger partial charge in [0.25, 0.3) is 0 Å². The van der Waals surface area contributed by atoms with Crippen molar-refractivity contribution < 1.29 is 5.11 Å². The SMILES string of the molecule is CC(C)CC(CN(C)C)N[C@H]1CCC[C@@H]1O. The Morgan fingerprint density at radius 3 is 2.44 bits per heavy atom. The van der Waals surface area contributed by atoms with Gasteiger partial charge in [0.05, 0.1) is 6.10 Å². The van der Waals surface area contributed by atoms with Crippen molar-refractivity contribution in [3.63, 3.8) is 0 Å². The van der Waals surface area contributed by atoms with Crippen LogP contribution in [0, 0.1) is 5.92 Å². The third-order valence-electron chi connectivity index (χ3n) is 3.27. The second-order valence-electron chi connectivity index (χ2n) is 5.86. The molecule has 3 nitrogen and oxygen atoms in total. The molecule has 0 aromatic carbocycles. The first-order valence-electron chi connectivity index (χ1n) is 6.58. The zero-order valence-electron chi connectivity index (χ0n) is 11.2. The van der Waals surface area contributed by atoms with Crippen molar-refractivity contribution in [2.75, 3.05) is 20.6 Å². The Hall–Kier alpha value is -0.120. The Balaban J connectivity index is 2.41. The molecule has 0 aliphatic heterocycles.